The van der Waals surface area contributed by atoms with E-state index in [0.29, 0.717) is 0 Å². The van der Waals surface area contributed by atoms with Crippen molar-refractivity contribution in [3.05, 3.63) is 33.9 Å². The van der Waals surface area contributed by atoms with Crippen LogP contribution in [0.5, 0.6) is 0 Å². The van der Waals surface area contributed by atoms with E-state index in [9.17, 15) is 22.8 Å². The Morgan fingerprint density at radius 2 is 1.48 bits per heavy atom. The highest BCUT2D eigenvalue weighted by atomic mass is 32.2. The molecule has 0 amide bonds. The van der Waals surface area contributed by atoms with Crippen LogP contribution in [0.4, 0.5) is 0 Å². The molecule has 0 aliphatic heterocycles. The summed E-state index contributed by atoms with van der Waals surface area (Å²) in [6.07, 6.45) is 0. The molecule has 0 fully saturated rings. The summed E-state index contributed by atoms with van der Waals surface area (Å²) in [7, 11) is -1.46. The lowest BCUT2D eigenvalue weighted by Gasteiger charge is -2.15. The van der Waals surface area contributed by atoms with Gasteiger partial charge in [-0.3, -0.25) is 0 Å². The third-order valence-corrected chi connectivity index (χ3v) is 4.53. The average molecular weight is 370 g/mol. The highest BCUT2D eigenvalue weighted by Crippen LogP contribution is 2.29. The van der Waals surface area contributed by atoms with Crippen molar-refractivity contribution in [2.45, 2.75) is 11.8 Å². The van der Waals surface area contributed by atoms with Gasteiger partial charge in [0.15, 0.2) is 0 Å². The van der Waals surface area contributed by atoms with Crippen molar-refractivity contribution >= 4 is 33.3 Å². The van der Waals surface area contributed by atoms with E-state index < -0.39 is 43.8 Å². The van der Waals surface area contributed by atoms with Crippen LogP contribution in [0.3, 0.4) is 0 Å². The monoisotopic (exact) mass is 370 g/mol. The zero-order valence-electron chi connectivity index (χ0n) is 13.7. The van der Waals surface area contributed by atoms with E-state index >= 15 is 0 Å². The molecule has 0 N–H and O–H groups in total. The summed E-state index contributed by atoms with van der Waals surface area (Å²) in [4.78, 5) is 37.8. The lowest BCUT2D eigenvalue weighted by molar-refractivity contribution is 0.00751. The minimum Gasteiger partial charge on any atom is -0.465 e. The zero-order valence-corrected chi connectivity index (χ0v) is 14.5. The molecular formula is C14H14N2O8S. The Hall–Kier alpha value is -3.04. The van der Waals surface area contributed by atoms with Crippen molar-refractivity contribution in [1.82, 2.24) is 0 Å². The number of methoxy groups -OCH3 is 3. The van der Waals surface area contributed by atoms with Crippen LogP contribution in [0.15, 0.2) is 11.0 Å². The van der Waals surface area contributed by atoms with Crippen LogP contribution < -0.4 is 0 Å². The molecule has 1 aromatic carbocycles. The molecule has 0 aliphatic carbocycles. The Morgan fingerprint density at radius 1 is 1.00 bits per heavy atom. The quantitative estimate of drug-likeness (QED) is 0.180. The van der Waals surface area contributed by atoms with Gasteiger partial charge >= 0.3 is 23.5 Å². The maximum absolute atomic E-state index is 12.3. The molecule has 0 heterocycles. The largest absolute Gasteiger partial charge is 0.465 e. The highest BCUT2D eigenvalue weighted by Gasteiger charge is 2.34. The first-order valence-corrected chi connectivity index (χ1v) is 8.05. The molecule has 0 saturated carbocycles. The van der Waals surface area contributed by atoms with Gasteiger partial charge in [0.1, 0.15) is 0 Å². The van der Waals surface area contributed by atoms with Gasteiger partial charge in [0.05, 0.1) is 42.9 Å². The van der Waals surface area contributed by atoms with Gasteiger partial charge in [-0.05, 0) is 18.6 Å². The maximum Gasteiger partial charge on any atom is 0.374 e. The molecule has 1 aromatic rings. The molecule has 0 spiro atoms. The Morgan fingerprint density at radius 3 is 1.92 bits per heavy atom. The fourth-order valence-electron chi connectivity index (χ4n) is 2.08. The molecule has 0 bridgehead atoms. The third-order valence-electron chi connectivity index (χ3n) is 3.23. The molecule has 0 atom stereocenters. The fourth-order valence-corrected chi connectivity index (χ4v) is 3.07. The van der Waals surface area contributed by atoms with E-state index in [0.717, 1.165) is 27.4 Å². The molecule has 10 nitrogen and oxygen atoms in total. The fraction of sp³-hybridized carbons (Fsp3) is 0.286. The molecule has 25 heavy (non-hydrogen) atoms. The van der Waals surface area contributed by atoms with Gasteiger partial charge in [0.25, 0.3) is 9.84 Å². The van der Waals surface area contributed by atoms with Crippen LogP contribution in [0.2, 0.25) is 0 Å². The Labute approximate surface area is 142 Å². The minimum absolute atomic E-state index is 0.0426. The minimum atomic E-state index is -4.50. The van der Waals surface area contributed by atoms with Gasteiger partial charge in [0.2, 0.25) is 0 Å². The standard InChI is InChI=1S/C14H14N2O8S/c1-7-8(12(17)22-2)5-9(25(20,21)6-16-15)11(14(19)24-4)10(7)13(18)23-3/h5-6H,1-4H3. The summed E-state index contributed by atoms with van der Waals surface area (Å²) >= 11 is 0. The number of carbonyl (C=O) groups excluding carboxylic acids is 3. The van der Waals surface area contributed by atoms with Crippen molar-refractivity contribution in [2.24, 2.45) is 0 Å². The molecule has 1 rings (SSSR count). The predicted octanol–water partition coefficient (Wildman–Crippen LogP) is 0.387. The Balaban J connectivity index is 4.17. The summed E-state index contributed by atoms with van der Waals surface area (Å²) in [5, 5.41) is 0. The summed E-state index contributed by atoms with van der Waals surface area (Å²) < 4.78 is 38.2. The summed E-state index contributed by atoms with van der Waals surface area (Å²) in [6, 6.07) is 0.830. The van der Waals surface area contributed by atoms with Crippen LogP contribution in [-0.4, -0.2) is 58.0 Å². The number of sulfone groups is 1. The lowest BCUT2D eigenvalue weighted by atomic mass is 9.96. The second-order valence-corrected chi connectivity index (χ2v) is 6.28. The van der Waals surface area contributed by atoms with Crippen LogP contribution in [0.1, 0.15) is 36.6 Å². The van der Waals surface area contributed by atoms with E-state index in [-0.39, 0.29) is 16.7 Å². The first-order valence-electron chi connectivity index (χ1n) is 6.51. The van der Waals surface area contributed by atoms with Crippen LogP contribution in [-0.2, 0) is 24.0 Å². The topological polar surface area (TPSA) is 149 Å². The van der Waals surface area contributed by atoms with Crippen molar-refractivity contribution < 1.29 is 41.8 Å². The van der Waals surface area contributed by atoms with Crippen LogP contribution in [0, 0.1) is 6.92 Å². The molecule has 0 radical (unpaired) electrons. The molecule has 0 saturated heterocycles. The van der Waals surface area contributed by atoms with E-state index in [4.69, 9.17) is 5.53 Å². The number of benzene rings is 1. The molecule has 0 aromatic heterocycles. The number of ether oxygens (including phenoxy) is 3. The number of carbonyl (C=O) groups is 3. The highest BCUT2D eigenvalue weighted by molar-refractivity contribution is 8.04. The van der Waals surface area contributed by atoms with E-state index in [2.05, 4.69) is 19.0 Å². The average Bonchev–Trinajstić information content (AvgIpc) is 2.58. The van der Waals surface area contributed by atoms with Crippen molar-refractivity contribution in [3.8, 4) is 0 Å². The van der Waals surface area contributed by atoms with Gasteiger partial charge in [-0.15, -0.1) is 0 Å². The van der Waals surface area contributed by atoms with Crippen molar-refractivity contribution in [2.75, 3.05) is 21.3 Å². The SMILES string of the molecule is COC(=O)c1cc(S(=O)(=O)C=[N+]=[N-])c(C(=O)OC)c(C(=O)OC)c1C. The Kier molecular flexibility index (Phi) is 6.15. The molecule has 0 aliphatic rings. The lowest BCUT2D eigenvalue weighted by Crippen LogP contribution is -2.22. The molecule has 11 heteroatoms. The van der Waals surface area contributed by atoms with Crippen molar-refractivity contribution in [3.63, 3.8) is 0 Å². The van der Waals surface area contributed by atoms with Crippen molar-refractivity contribution in [1.29, 1.82) is 0 Å². The van der Waals surface area contributed by atoms with Gasteiger partial charge in [-0.2, -0.15) is 4.79 Å². The summed E-state index contributed by atoms with van der Waals surface area (Å²) in [5.41, 5.74) is 7.22. The second-order valence-electron chi connectivity index (χ2n) is 4.54. The smallest absolute Gasteiger partial charge is 0.374 e. The number of nitrogens with zero attached hydrogens (tertiary/aromatic N) is 2. The summed E-state index contributed by atoms with van der Waals surface area (Å²) in [5.74, 6) is -3.18. The van der Waals surface area contributed by atoms with E-state index in [1.165, 1.54) is 6.92 Å². The molecular weight excluding hydrogens is 356 g/mol. The first-order chi connectivity index (χ1) is 11.7. The van der Waals surface area contributed by atoms with Crippen LogP contribution in [0.25, 0.3) is 5.53 Å². The second kappa shape index (κ2) is 7.69. The predicted molar refractivity (Wildman–Crippen MR) is 82.1 cm³/mol. The third kappa shape index (κ3) is 3.73. The zero-order chi connectivity index (χ0) is 19.4. The Bertz CT molecular complexity index is 898. The maximum atomic E-state index is 12.3. The number of hydrogen-bond donors (Lipinski definition) is 0. The number of rotatable bonds is 5. The normalized spacial score (nSPS) is 10.4. The first kappa shape index (κ1) is 20.0. The van der Waals surface area contributed by atoms with Gasteiger partial charge in [0, 0.05) is 0 Å². The summed E-state index contributed by atoms with van der Waals surface area (Å²) in [6.45, 7) is 1.31. The van der Waals surface area contributed by atoms with Gasteiger partial charge in [-0.1, -0.05) is 0 Å². The van der Waals surface area contributed by atoms with E-state index in [1.54, 1.807) is 0 Å². The van der Waals surface area contributed by atoms with E-state index in [1.807, 2.05) is 0 Å². The molecule has 134 valence electrons. The number of esters is 3. The van der Waals surface area contributed by atoms with Gasteiger partial charge in [-0.25, -0.2) is 22.8 Å². The molecule has 0 unspecified atom stereocenters. The van der Waals surface area contributed by atoms with Gasteiger partial charge < -0.3 is 19.7 Å². The van der Waals surface area contributed by atoms with Crippen LogP contribution >= 0.6 is 0 Å². The number of hydrogen-bond acceptors (Lipinski definition) is 8.